The summed E-state index contributed by atoms with van der Waals surface area (Å²) >= 11 is 3.43. The fraction of sp³-hybridized carbons (Fsp3) is 0.462. The Bertz CT molecular complexity index is 398. The van der Waals surface area contributed by atoms with Gasteiger partial charge in [0.05, 0.1) is 6.61 Å². The Hall–Kier alpha value is -0.910. The molecule has 0 amide bonds. The Kier molecular flexibility index (Phi) is 6.32. The van der Waals surface area contributed by atoms with E-state index in [4.69, 9.17) is 10.5 Å². The van der Waals surface area contributed by atoms with Gasteiger partial charge in [-0.25, -0.2) is 0 Å². The first-order chi connectivity index (χ1) is 8.52. The largest absolute Gasteiger partial charge is 0.465 e. The van der Waals surface area contributed by atoms with E-state index >= 15 is 0 Å². The highest BCUT2D eigenvalue weighted by Crippen LogP contribution is 2.12. The fourth-order valence-corrected chi connectivity index (χ4v) is 2.12. The lowest BCUT2D eigenvalue weighted by Gasteiger charge is -2.20. The van der Waals surface area contributed by atoms with Crippen molar-refractivity contribution >= 4 is 21.9 Å². The molecule has 1 aromatic carbocycles. The molecule has 0 aliphatic heterocycles. The molecule has 4 nitrogen and oxygen atoms in total. The Morgan fingerprint density at radius 1 is 1.56 bits per heavy atom. The molecule has 0 aliphatic carbocycles. The van der Waals surface area contributed by atoms with Gasteiger partial charge in [-0.2, -0.15) is 0 Å². The van der Waals surface area contributed by atoms with Crippen molar-refractivity contribution in [2.24, 2.45) is 5.73 Å². The van der Waals surface area contributed by atoms with E-state index in [0.717, 1.165) is 11.0 Å². The molecule has 0 saturated heterocycles. The summed E-state index contributed by atoms with van der Waals surface area (Å²) in [5.74, 6) is -0.349. The average molecular weight is 315 g/mol. The van der Waals surface area contributed by atoms with Gasteiger partial charge in [-0.3, -0.25) is 9.69 Å². The maximum absolute atomic E-state index is 11.4. The second-order valence-corrected chi connectivity index (χ2v) is 5.10. The van der Waals surface area contributed by atoms with Crippen LogP contribution in [0.25, 0.3) is 0 Å². The van der Waals surface area contributed by atoms with Crippen LogP contribution in [-0.2, 0) is 16.1 Å². The third kappa shape index (κ3) is 5.16. The summed E-state index contributed by atoms with van der Waals surface area (Å²) in [6.07, 6.45) is 0. The highest BCUT2D eigenvalue weighted by atomic mass is 79.9. The van der Waals surface area contributed by atoms with Crippen molar-refractivity contribution in [2.75, 3.05) is 20.2 Å². The molecule has 0 fully saturated rings. The van der Waals surface area contributed by atoms with Crippen molar-refractivity contribution in [3.63, 3.8) is 0 Å². The van der Waals surface area contributed by atoms with Gasteiger partial charge in [-0.15, -0.1) is 0 Å². The molecule has 0 heterocycles. The normalized spacial score (nSPS) is 12.5. The number of benzene rings is 1. The number of likely N-dealkylation sites (N-methyl/N-ethyl adjacent to an activating group) is 1. The van der Waals surface area contributed by atoms with E-state index in [2.05, 4.69) is 15.9 Å². The third-order valence-electron chi connectivity index (χ3n) is 2.44. The van der Waals surface area contributed by atoms with Gasteiger partial charge in [0.15, 0.2) is 0 Å². The van der Waals surface area contributed by atoms with Gasteiger partial charge >= 0.3 is 5.97 Å². The molecule has 0 spiro atoms. The second-order valence-electron chi connectivity index (χ2n) is 4.19. The minimum Gasteiger partial charge on any atom is -0.465 e. The molecule has 0 aliphatic rings. The predicted octanol–water partition coefficient (Wildman–Crippen LogP) is 1.77. The number of rotatable bonds is 6. The summed E-state index contributed by atoms with van der Waals surface area (Å²) in [5, 5.41) is 0. The van der Waals surface area contributed by atoms with Crippen molar-refractivity contribution in [2.45, 2.75) is 19.5 Å². The lowest BCUT2D eigenvalue weighted by atomic mass is 10.2. The molecule has 0 bridgehead atoms. The van der Waals surface area contributed by atoms with Crippen LogP contribution in [0, 0.1) is 0 Å². The Morgan fingerprint density at radius 3 is 2.89 bits per heavy atom. The molecule has 1 aromatic rings. The highest BCUT2D eigenvalue weighted by Gasteiger charge is 2.16. The van der Waals surface area contributed by atoms with Gasteiger partial charge in [-0.1, -0.05) is 28.1 Å². The van der Waals surface area contributed by atoms with Crippen LogP contribution in [0.2, 0.25) is 0 Å². The zero-order valence-electron chi connectivity index (χ0n) is 10.7. The lowest BCUT2D eigenvalue weighted by molar-refractivity contribution is -0.145. The van der Waals surface area contributed by atoms with Crippen LogP contribution in [0.4, 0.5) is 0 Å². The summed E-state index contributed by atoms with van der Waals surface area (Å²) in [7, 11) is 1.93. The quantitative estimate of drug-likeness (QED) is 0.813. The smallest absolute Gasteiger partial charge is 0.324 e. The van der Waals surface area contributed by atoms with Gasteiger partial charge in [0, 0.05) is 17.6 Å². The fourth-order valence-electron chi connectivity index (χ4n) is 1.67. The Morgan fingerprint density at radius 2 is 2.28 bits per heavy atom. The molecule has 1 rings (SSSR count). The zero-order valence-corrected chi connectivity index (χ0v) is 12.3. The highest BCUT2D eigenvalue weighted by molar-refractivity contribution is 9.10. The third-order valence-corrected chi connectivity index (χ3v) is 2.93. The van der Waals surface area contributed by atoms with E-state index in [1.165, 1.54) is 5.56 Å². The Labute approximate surface area is 116 Å². The topological polar surface area (TPSA) is 55.6 Å². The van der Waals surface area contributed by atoms with Gasteiger partial charge in [0.2, 0.25) is 0 Å². The van der Waals surface area contributed by atoms with Crippen LogP contribution in [0.3, 0.4) is 0 Å². The van der Waals surface area contributed by atoms with Crippen LogP contribution < -0.4 is 5.73 Å². The molecular weight excluding hydrogens is 296 g/mol. The monoisotopic (exact) mass is 314 g/mol. The van der Waals surface area contributed by atoms with Gasteiger partial charge < -0.3 is 10.5 Å². The van der Waals surface area contributed by atoms with E-state index in [9.17, 15) is 4.79 Å². The molecule has 1 atom stereocenters. The number of carbonyl (C=O) groups excluding carboxylic acids is 1. The Balaban J connectivity index is 2.46. The zero-order chi connectivity index (χ0) is 13.5. The summed E-state index contributed by atoms with van der Waals surface area (Å²) in [6.45, 7) is 3.36. The van der Waals surface area contributed by atoms with Crippen LogP contribution >= 0.6 is 15.9 Å². The first-order valence-electron chi connectivity index (χ1n) is 5.88. The molecule has 2 N–H and O–H groups in total. The van der Waals surface area contributed by atoms with Crippen LogP contribution in [0.5, 0.6) is 0 Å². The predicted molar refractivity (Wildman–Crippen MR) is 75.1 cm³/mol. The molecule has 5 heteroatoms. The van der Waals surface area contributed by atoms with E-state index in [1.54, 1.807) is 6.92 Å². The minimum absolute atomic E-state index is 0.349. The lowest BCUT2D eigenvalue weighted by Crippen LogP contribution is -2.42. The summed E-state index contributed by atoms with van der Waals surface area (Å²) < 4.78 is 5.92. The molecule has 0 saturated carbocycles. The number of ether oxygens (including phenoxy) is 1. The summed E-state index contributed by atoms with van der Waals surface area (Å²) in [4.78, 5) is 13.4. The first-order valence-corrected chi connectivity index (χ1v) is 6.67. The second kappa shape index (κ2) is 7.51. The SMILES string of the molecule is CCOC(=O)C(N)CN(C)Cc1cccc(Br)c1. The van der Waals surface area contributed by atoms with Gasteiger partial charge in [-0.05, 0) is 31.7 Å². The van der Waals surface area contributed by atoms with Gasteiger partial charge in [0.1, 0.15) is 6.04 Å². The maximum atomic E-state index is 11.4. The minimum atomic E-state index is -0.595. The van der Waals surface area contributed by atoms with Crippen molar-refractivity contribution in [3.8, 4) is 0 Å². The molecular formula is C13H19BrN2O2. The molecule has 18 heavy (non-hydrogen) atoms. The van der Waals surface area contributed by atoms with Crippen molar-refractivity contribution in [3.05, 3.63) is 34.3 Å². The molecule has 0 radical (unpaired) electrons. The average Bonchev–Trinajstić information content (AvgIpc) is 2.28. The summed E-state index contributed by atoms with van der Waals surface area (Å²) in [5.41, 5.74) is 6.93. The number of hydrogen-bond acceptors (Lipinski definition) is 4. The van der Waals surface area contributed by atoms with E-state index in [-0.39, 0.29) is 5.97 Å². The molecule has 0 aromatic heterocycles. The number of halogens is 1. The number of esters is 1. The first kappa shape index (κ1) is 15.1. The number of carbonyl (C=O) groups is 1. The van der Waals surface area contributed by atoms with E-state index in [0.29, 0.717) is 13.2 Å². The van der Waals surface area contributed by atoms with Gasteiger partial charge in [0.25, 0.3) is 0 Å². The maximum Gasteiger partial charge on any atom is 0.324 e. The standard InChI is InChI=1S/C13H19BrN2O2/c1-3-18-13(17)12(15)9-16(2)8-10-5-4-6-11(14)7-10/h4-7,12H,3,8-9,15H2,1-2H3. The number of nitrogens with two attached hydrogens (primary N) is 1. The van der Waals surface area contributed by atoms with Crippen molar-refractivity contribution in [1.82, 2.24) is 4.90 Å². The van der Waals surface area contributed by atoms with Crippen LogP contribution in [0.1, 0.15) is 12.5 Å². The van der Waals surface area contributed by atoms with E-state index in [1.807, 2.05) is 36.2 Å². The molecule has 100 valence electrons. The van der Waals surface area contributed by atoms with Crippen LogP contribution in [-0.4, -0.2) is 37.1 Å². The molecule has 1 unspecified atom stereocenters. The van der Waals surface area contributed by atoms with E-state index < -0.39 is 6.04 Å². The van der Waals surface area contributed by atoms with Crippen molar-refractivity contribution in [1.29, 1.82) is 0 Å². The van der Waals surface area contributed by atoms with Crippen molar-refractivity contribution < 1.29 is 9.53 Å². The number of nitrogens with zero attached hydrogens (tertiary/aromatic N) is 1. The summed E-state index contributed by atoms with van der Waals surface area (Å²) in [6, 6.07) is 7.46. The number of hydrogen-bond donors (Lipinski definition) is 1. The van der Waals surface area contributed by atoms with Crippen LogP contribution in [0.15, 0.2) is 28.7 Å².